The van der Waals surface area contributed by atoms with Gasteiger partial charge >= 0.3 is 6.01 Å². The quantitative estimate of drug-likeness (QED) is 0.611. The van der Waals surface area contributed by atoms with Gasteiger partial charge in [-0.2, -0.15) is 10.1 Å². The molecule has 4 heterocycles. The minimum Gasteiger partial charge on any atom is -0.467 e. The highest BCUT2D eigenvalue weighted by atomic mass is 16.5. The van der Waals surface area contributed by atoms with Gasteiger partial charge in [-0.25, -0.2) is 9.50 Å². The summed E-state index contributed by atoms with van der Waals surface area (Å²) in [6.45, 7) is 0.474. The number of rotatable bonds is 4. The summed E-state index contributed by atoms with van der Waals surface area (Å²) in [7, 11) is 0. The van der Waals surface area contributed by atoms with Gasteiger partial charge in [0.05, 0.1) is 19.0 Å². The Morgan fingerprint density at radius 1 is 1.19 bits per heavy atom. The number of aromatic nitrogens is 5. The largest absolute Gasteiger partial charge is 0.467 e. The van der Waals surface area contributed by atoms with Crippen molar-refractivity contribution in [1.29, 1.82) is 0 Å². The van der Waals surface area contributed by atoms with Crippen molar-refractivity contribution < 1.29 is 8.94 Å². The molecule has 8 heteroatoms. The van der Waals surface area contributed by atoms with E-state index in [2.05, 4.69) is 25.5 Å². The van der Waals surface area contributed by atoms with E-state index in [9.17, 15) is 0 Å². The predicted octanol–water partition coefficient (Wildman–Crippen LogP) is 1.98. The van der Waals surface area contributed by atoms with Crippen LogP contribution in [0.2, 0.25) is 0 Å². The summed E-state index contributed by atoms with van der Waals surface area (Å²) in [4.78, 5) is 8.48. The van der Waals surface area contributed by atoms with Gasteiger partial charge in [0, 0.05) is 12.3 Å². The first-order valence-corrected chi connectivity index (χ1v) is 6.29. The molecule has 0 spiro atoms. The van der Waals surface area contributed by atoms with Crippen molar-refractivity contribution >= 4 is 11.7 Å². The molecule has 8 nitrogen and oxygen atoms in total. The van der Waals surface area contributed by atoms with Gasteiger partial charge in [-0.1, -0.05) is 5.16 Å². The molecule has 104 valence electrons. The van der Waals surface area contributed by atoms with Crippen LogP contribution in [0.4, 0.5) is 6.01 Å². The van der Waals surface area contributed by atoms with Crippen molar-refractivity contribution in [2.24, 2.45) is 0 Å². The van der Waals surface area contributed by atoms with Crippen LogP contribution in [0.3, 0.4) is 0 Å². The Morgan fingerprint density at radius 3 is 3.10 bits per heavy atom. The lowest BCUT2D eigenvalue weighted by molar-refractivity contribution is 0.428. The van der Waals surface area contributed by atoms with Crippen LogP contribution in [0, 0.1) is 0 Å². The second-order valence-electron chi connectivity index (χ2n) is 4.29. The van der Waals surface area contributed by atoms with Gasteiger partial charge in [0.2, 0.25) is 5.82 Å². The number of hydrogen-bond donors (Lipinski definition) is 1. The van der Waals surface area contributed by atoms with E-state index in [0.29, 0.717) is 24.1 Å². The zero-order chi connectivity index (χ0) is 14.1. The molecule has 4 aromatic rings. The molecular formula is C13H10N6O2. The fourth-order valence-electron chi connectivity index (χ4n) is 1.98. The second kappa shape index (κ2) is 4.75. The zero-order valence-corrected chi connectivity index (χ0v) is 10.8. The Bertz CT molecular complexity index is 864. The van der Waals surface area contributed by atoms with Gasteiger partial charge in [-0.05, 0) is 18.2 Å². The van der Waals surface area contributed by atoms with E-state index >= 15 is 0 Å². The Hall–Kier alpha value is -3.16. The van der Waals surface area contributed by atoms with Crippen LogP contribution in [-0.4, -0.2) is 24.7 Å². The average Bonchev–Trinajstić information content (AvgIpc) is 3.25. The van der Waals surface area contributed by atoms with Gasteiger partial charge < -0.3 is 14.3 Å². The molecule has 0 amide bonds. The lowest BCUT2D eigenvalue weighted by Gasteiger charge is -1.98. The summed E-state index contributed by atoms with van der Waals surface area (Å²) in [6.07, 6.45) is 4.96. The van der Waals surface area contributed by atoms with Crippen molar-refractivity contribution in [2.75, 3.05) is 5.32 Å². The normalized spacial score (nSPS) is 11.0. The third-order valence-electron chi connectivity index (χ3n) is 2.94. The number of nitrogens with zero attached hydrogens (tertiary/aromatic N) is 5. The molecule has 4 aromatic heterocycles. The Kier molecular flexibility index (Phi) is 2.63. The van der Waals surface area contributed by atoms with Crippen LogP contribution in [0.25, 0.3) is 17.2 Å². The lowest BCUT2D eigenvalue weighted by atomic mass is 10.4. The molecule has 4 rings (SSSR count). The first-order valence-electron chi connectivity index (χ1n) is 6.29. The summed E-state index contributed by atoms with van der Waals surface area (Å²) >= 11 is 0. The van der Waals surface area contributed by atoms with Gasteiger partial charge in [0.15, 0.2) is 5.65 Å². The van der Waals surface area contributed by atoms with E-state index in [1.54, 1.807) is 35.3 Å². The molecule has 0 bridgehead atoms. The van der Waals surface area contributed by atoms with Crippen molar-refractivity contribution in [2.45, 2.75) is 6.54 Å². The minimum absolute atomic E-state index is 0.318. The van der Waals surface area contributed by atoms with Crippen molar-refractivity contribution in [3.63, 3.8) is 0 Å². The first-order chi connectivity index (χ1) is 10.4. The maximum Gasteiger partial charge on any atom is 0.322 e. The van der Waals surface area contributed by atoms with Crippen LogP contribution in [0.1, 0.15) is 5.76 Å². The Morgan fingerprint density at radius 2 is 2.19 bits per heavy atom. The molecule has 0 aromatic carbocycles. The number of nitrogens with one attached hydrogen (secondary N) is 1. The smallest absolute Gasteiger partial charge is 0.322 e. The molecule has 0 aliphatic rings. The van der Waals surface area contributed by atoms with Crippen LogP contribution >= 0.6 is 0 Å². The van der Waals surface area contributed by atoms with Crippen LogP contribution < -0.4 is 5.32 Å². The maximum absolute atomic E-state index is 5.22. The number of hydrogen-bond acceptors (Lipinski definition) is 7. The fourth-order valence-corrected chi connectivity index (χ4v) is 1.98. The fraction of sp³-hybridized carbons (Fsp3) is 0.0769. The predicted molar refractivity (Wildman–Crippen MR) is 72.3 cm³/mol. The molecule has 0 aliphatic heterocycles. The summed E-state index contributed by atoms with van der Waals surface area (Å²) in [6, 6.07) is 7.58. The van der Waals surface area contributed by atoms with Gasteiger partial charge in [-0.15, -0.1) is 0 Å². The standard InChI is InChI=1S/C13H10N6O2/c1-2-9(20-7-1)8-15-13-17-12(18-21-13)10-3-5-14-11-4-6-16-19(10)11/h1-7H,8H2,(H,15,17,18). The van der Waals surface area contributed by atoms with Crippen molar-refractivity contribution in [3.05, 3.63) is 48.7 Å². The number of fused-ring (bicyclic) bond motifs is 1. The van der Waals surface area contributed by atoms with Crippen LogP contribution in [-0.2, 0) is 6.54 Å². The average molecular weight is 282 g/mol. The molecule has 0 unspecified atom stereocenters. The third-order valence-corrected chi connectivity index (χ3v) is 2.94. The minimum atomic E-state index is 0.318. The van der Waals surface area contributed by atoms with Gasteiger partial charge in [0.25, 0.3) is 0 Å². The molecule has 0 fully saturated rings. The van der Waals surface area contributed by atoms with Gasteiger partial charge in [-0.3, -0.25) is 0 Å². The molecule has 0 saturated carbocycles. The Balaban J connectivity index is 1.60. The maximum atomic E-state index is 5.22. The highest BCUT2D eigenvalue weighted by Gasteiger charge is 2.12. The molecule has 1 N–H and O–H groups in total. The summed E-state index contributed by atoms with van der Waals surface area (Å²) in [5.41, 5.74) is 1.43. The molecule has 0 saturated heterocycles. The molecule has 0 aliphatic carbocycles. The van der Waals surface area contributed by atoms with Gasteiger partial charge in [0.1, 0.15) is 11.5 Å². The molecule has 0 atom stereocenters. The second-order valence-corrected chi connectivity index (χ2v) is 4.29. The van der Waals surface area contributed by atoms with Crippen molar-refractivity contribution in [3.8, 4) is 11.5 Å². The van der Waals surface area contributed by atoms with E-state index in [4.69, 9.17) is 8.94 Å². The monoisotopic (exact) mass is 282 g/mol. The molecular weight excluding hydrogens is 272 g/mol. The summed E-state index contributed by atoms with van der Waals surface area (Å²) in [5.74, 6) is 1.22. The van der Waals surface area contributed by atoms with Crippen LogP contribution in [0.5, 0.6) is 0 Å². The highest BCUT2D eigenvalue weighted by molar-refractivity contribution is 5.55. The molecule has 0 radical (unpaired) electrons. The number of anilines is 1. The number of furan rings is 1. The van der Waals surface area contributed by atoms with E-state index < -0.39 is 0 Å². The van der Waals surface area contributed by atoms with Crippen LogP contribution in [0.15, 0.2) is 51.9 Å². The highest BCUT2D eigenvalue weighted by Crippen LogP contribution is 2.18. The third kappa shape index (κ3) is 2.12. The summed E-state index contributed by atoms with van der Waals surface area (Å²) in [5, 5.41) is 11.1. The zero-order valence-electron chi connectivity index (χ0n) is 10.8. The topological polar surface area (TPSA) is 94.3 Å². The van der Waals surface area contributed by atoms with E-state index in [-0.39, 0.29) is 0 Å². The lowest BCUT2D eigenvalue weighted by Crippen LogP contribution is -1.99. The van der Waals surface area contributed by atoms with E-state index in [0.717, 1.165) is 11.4 Å². The summed E-state index contributed by atoms with van der Waals surface area (Å²) < 4.78 is 12.0. The van der Waals surface area contributed by atoms with Crippen molar-refractivity contribution in [1.82, 2.24) is 24.7 Å². The Labute approximate surface area is 118 Å². The SMILES string of the molecule is c1coc(CNc2nc(-c3ccnc4ccnn34)no2)c1. The molecule has 21 heavy (non-hydrogen) atoms. The van der Waals surface area contributed by atoms with E-state index in [1.807, 2.05) is 12.1 Å². The van der Waals surface area contributed by atoms with E-state index in [1.165, 1.54) is 0 Å². The first kappa shape index (κ1) is 11.6.